The smallest absolute Gasteiger partial charge is 0.285 e. The summed E-state index contributed by atoms with van der Waals surface area (Å²) in [5.74, 6) is -0.342. The van der Waals surface area contributed by atoms with Gasteiger partial charge in [0.25, 0.3) is 5.56 Å². The van der Waals surface area contributed by atoms with Gasteiger partial charge in [-0.15, -0.1) is 0 Å². The number of ether oxygens (including phenoxy) is 1. The molecule has 1 aliphatic heterocycles. The second kappa shape index (κ2) is 8.97. The van der Waals surface area contributed by atoms with Crippen LogP contribution < -0.4 is 19.9 Å². The van der Waals surface area contributed by atoms with E-state index < -0.39 is 21.4 Å². The number of pyridine rings is 1. The summed E-state index contributed by atoms with van der Waals surface area (Å²) >= 11 is 6.10. The van der Waals surface area contributed by atoms with Gasteiger partial charge in [0.2, 0.25) is 15.9 Å². The summed E-state index contributed by atoms with van der Waals surface area (Å²) in [5, 5.41) is 6.16. The number of aromatic nitrogens is 3. The van der Waals surface area contributed by atoms with Gasteiger partial charge in [0.15, 0.2) is 0 Å². The maximum absolute atomic E-state index is 14.9. The Morgan fingerprint density at radius 1 is 1.21 bits per heavy atom. The summed E-state index contributed by atoms with van der Waals surface area (Å²) in [4.78, 5) is 17.7. The Balaban J connectivity index is 1.30. The highest BCUT2D eigenvalue weighted by molar-refractivity contribution is 7.89. The first-order valence-corrected chi connectivity index (χ1v) is 12.6. The third-order valence-electron chi connectivity index (χ3n) is 5.75. The third-order valence-corrected chi connectivity index (χ3v) is 7.63. The number of hydrogen-bond donors (Lipinski definition) is 2. The highest BCUT2D eigenvalue weighted by atomic mass is 35.5. The number of halogens is 2. The molecule has 1 atom stereocenters. The standard InChI is InChI=1S/C22H21ClFN5O4S/c23-21-19(11-26-27-22(21)30)29-8-6-15(12-29)33-20-9-13(5-7-25-20)17-4-3-16(10-18(17)24)34(31,32)28-14-1-2-14/h3-5,7,9-11,14-15,28H,1-2,6,8,12H2,(H,27,30)/t15-/m1/s1. The van der Waals surface area contributed by atoms with Crippen molar-refractivity contribution in [3.8, 4) is 17.0 Å². The summed E-state index contributed by atoms with van der Waals surface area (Å²) in [6, 6.07) is 7.03. The molecule has 9 nitrogen and oxygen atoms in total. The largest absolute Gasteiger partial charge is 0.472 e. The van der Waals surface area contributed by atoms with Gasteiger partial charge in [-0.3, -0.25) is 4.79 Å². The van der Waals surface area contributed by atoms with E-state index in [0.717, 1.165) is 18.9 Å². The van der Waals surface area contributed by atoms with E-state index in [1.165, 1.54) is 24.5 Å². The molecule has 1 saturated heterocycles. The van der Waals surface area contributed by atoms with Crippen LogP contribution in [0.1, 0.15) is 19.3 Å². The van der Waals surface area contributed by atoms with E-state index in [1.54, 1.807) is 12.1 Å². The normalized spacial score (nSPS) is 18.3. The maximum atomic E-state index is 14.9. The second-order valence-corrected chi connectivity index (χ2v) is 10.4. The number of rotatable bonds is 7. The lowest BCUT2D eigenvalue weighted by atomic mass is 10.1. The molecule has 12 heteroatoms. The molecule has 5 rings (SSSR count). The number of sulfonamides is 1. The van der Waals surface area contributed by atoms with Crippen molar-refractivity contribution in [2.75, 3.05) is 18.0 Å². The van der Waals surface area contributed by atoms with Gasteiger partial charge < -0.3 is 9.64 Å². The van der Waals surface area contributed by atoms with E-state index in [2.05, 4.69) is 19.9 Å². The zero-order valence-electron chi connectivity index (χ0n) is 17.9. The molecule has 0 radical (unpaired) electrons. The monoisotopic (exact) mass is 505 g/mol. The lowest BCUT2D eigenvalue weighted by Gasteiger charge is -2.19. The van der Waals surface area contributed by atoms with Crippen LogP contribution in [0.2, 0.25) is 5.02 Å². The van der Waals surface area contributed by atoms with Gasteiger partial charge >= 0.3 is 0 Å². The predicted molar refractivity (Wildman–Crippen MR) is 124 cm³/mol. The molecule has 3 aromatic rings. The van der Waals surface area contributed by atoms with E-state index in [4.69, 9.17) is 16.3 Å². The minimum Gasteiger partial charge on any atom is -0.472 e. The van der Waals surface area contributed by atoms with Crippen LogP contribution >= 0.6 is 11.6 Å². The van der Waals surface area contributed by atoms with E-state index >= 15 is 0 Å². The zero-order valence-corrected chi connectivity index (χ0v) is 19.4. The van der Waals surface area contributed by atoms with Crippen LogP contribution in [-0.2, 0) is 10.0 Å². The minimum atomic E-state index is -3.74. The molecule has 0 unspecified atom stereocenters. The van der Waals surface area contributed by atoms with Crippen LogP contribution in [-0.4, -0.2) is 48.8 Å². The molecule has 0 spiro atoms. The average molecular weight is 506 g/mol. The third kappa shape index (κ3) is 4.77. The summed E-state index contributed by atoms with van der Waals surface area (Å²) < 4.78 is 48.1. The topological polar surface area (TPSA) is 117 Å². The predicted octanol–water partition coefficient (Wildman–Crippen LogP) is 2.72. The summed E-state index contributed by atoms with van der Waals surface area (Å²) in [7, 11) is -3.74. The average Bonchev–Trinajstić information content (AvgIpc) is 3.49. The van der Waals surface area contributed by atoms with Crippen molar-refractivity contribution in [3.05, 3.63) is 63.9 Å². The fourth-order valence-electron chi connectivity index (χ4n) is 3.84. The van der Waals surface area contributed by atoms with Crippen LogP contribution in [0.4, 0.5) is 10.1 Å². The lowest BCUT2D eigenvalue weighted by molar-refractivity contribution is 0.216. The fourth-order valence-corrected chi connectivity index (χ4v) is 5.36. The van der Waals surface area contributed by atoms with Crippen molar-refractivity contribution < 1.29 is 17.5 Å². The summed E-state index contributed by atoms with van der Waals surface area (Å²) in [5.41, 5.74) is 0.832. The van der Waals surface area contributed by atoms with Gasteiger partial charge in [0.05, 0.1) is 23.3 Å². The van der Waals surface area contributed by atoms with Gasteiger partial charge in [0, 0.05) is 36.8 Å². The molecular weight excluding hydrogens is 485 g/mol. The van der Waals surface area contributed by atoms with Crippen LogP contribution in [0, 0.1) is 5.82 Å². The van der Waals surface area contributed by atoms with Crippen molar-refractivity contribution >= 4 is 27.3 Å². The van der Waals surface area contributed by atoms with Crippen molar-refractivity contribution in [2.45, 2.75) is 36.3 Å². The van der Waals surface area contributed by atoms with Gasteiger partial charge in [0.1, 0.15) is 16.9 Å². The quantitative estimate of drug-likeness (QED) is 0.507. The number of benzene rings is 1. The SMILES string of the molecule is O=c1[nH]ncc(N2CC[C@@H](Oc3cc(-c4ccc(S(=O)(=O)NC5CC5)cc4F)ccn3)C2)c1Cl. The Bertz CT molecular complexity index is 1400. The van der Waals surface area contributed by atoms with E-state index in [9.17, 15) is 17.6 Å². The van der Waals surface area contributed by atoms with Crippen molar-refractivity contribution in [1.29, 1.82) is 0 Å². The molecule has 2 aromatic heterocycles. The molecule has 3 heterocycles. The highest BCUT2D eigenvalue weighted by Gasteiger charge is 2.29. The number of aromatic amines is 1. The van der Waals surface area contributed by atoms with Crippen molar-refractivity contribution in [3.63, 3.8) is 0 Å². The second-order valence-electron chi connectivity index (χ2n) is 8.29. The van der Waals surface area contributed by atoms with Crippen molar-refractivity contribution in [2.24, 2.45) is 0 Å². The van der Waals surface area contributed by atoms with E-state index in [1.807, 2.05) is 4.90 Å². The Morgan fingerprint density at radius 3 is 2.79 bits per heavy atom. The Hall–Kier alpha value is -3.02. The van der Waals surface area contributed by atoms with E-state index in [0.29, 0.717) is 36.6 Å². The molecule has 2 fully saturated rings. The molecule has 178 valence electrons. The summed E-state index contributed by atoms with van der Waals surface area (Å²) in [6.07, 6.45) is 5.05. The van der Waals surface area contributed by atoms with Crippen LogP contribution in [0.3, 0.4) is 0 Å². The molecule has 34 heavy (non-hydrogen) atoms. The Labute approximate surface area is 200 Å². The zero-order chi connectivity index (χ0) is 23.9. The minimum absolute atomic E-state index is 0.0611. The van der Waals surface area contributed by atoms with Crippen LogP contribution in [0.5, 0.6) is 5.88 Å². The first-order chi connectivity index (χ1) is 16.3. The number of nitrogens with zero attached hydrogens (tertiary/aromatic N) is 3. The van der Waals surface area contributed by atoms with Gasteiger partial charge in [-0.25, -0.2) is 27.6 Å². The van der Waals surface area contributed by atoms with Crippen molar-refractivity contribution in [1.82, 2.24) is 19.9 Å². The molecular formula is C22H21ClFN5O4S. The van der Waals surface area contributed by atoms with Gasteiger partial charge in [-0.2, -0.15) is 5.10 Å². The molecule has 0 amide bonds. The van der Waals surface area contributed by atoms with Crippen LogP contribution in [0.25, 0.3) is 11.1 Å². The lowest BCUT2D eigenvalue weighted by Crippen LogP contribution is -2.26. The molecule has 2 N–H and O–H groups in total. The molecule has 0 bridgehead atoms. The molecule has 1 saturated carbocycles. The van der Waals surface area contributed by atoms with Gasteiger partial charge in [-0.05, 0) is 36.6 Å². The summed E-state index contributed by atoms with van der Waals surface area (Å²) in [6.45, 7) is 1.10. The maximum Gasteiger partial charge on any atom is 0.285 e. The van der Waals surface area contributed by atoms with Gasteiger partial charge in [-0.1, -0.05) is 17.7 Å². The molecule has 1 aliphatic carbocycles. The first-order valence-electron chi connectivity index (χ1n) is 10.7. The molecule has 2 aliphatic rings. The number of hydrogen-bond acceptors (Lipinski definition) is 7. The number of nitrogens with one attached hydrogen (secondary N) is 2. The van der Waals surface area contributed by atoms with E-state index in [-0.39, 0.29) is 27.6 Å². The Kier molecular flexibility index (Phi) is 6.00. The first kappa shape index (κ1) is 22.8. The molecule has 1 aromatic carbocycles. The number of anilines is 1. The number of H-pyrrole nitrogens is 1. The Morgan fingerprint density at radius 2 is 2.03 bits per heavy atom. The van der Waals surface area contributed by atoms with Crippen LogP contribution in [0.15, 0.2) is 52.4 Å². The highest BCUT2D eigenvalue weighted by Crippen LogP contribution is 2.30. The fraction of sp³-hybridized carbons (Fsp3) is 0.318.